The quantitative estimate of drug-likeness (QED) is 0.132. The van der Waals surface area contributed by atoms with E-state index in [0.29, 0.717) is 45.5 Å². The fourth-order valence-corrected chi connectivity index (χ4v) is 6.98. The molecule has 4 aromatic rings. The van der Waals surface area contributed by atoms with Gasteiger partial charge in [-0.05, 0) is 30.4 Å². The van der Waals surface area contributed by atoms with Crippen LogP contribution in [0.15, 0.2) is 84.1 Å². The predicted octanol–water partition coefficient (Wildman–Crippen LogP) is 5.26. The van der Waals surface area contributed by atoms with E-state index in [1.54, 1.807) is 37.6 Å². The molecule has 2 aromatic carbocycles. The number of carbonyl (C=O) groups excluding carboxylic acids is 2. The van der Waals surface area contributed by atoms with Crippen LogP contribution in [-0.4, -0.2) is 85.6 Å². The topological polar surface area (TPSA) is 133 Å². The number of thiazole rings is 2. The van der Waals surface area contributed by atoms with Crippen molar-refractivity contribution < 1.29 is 33.3 Å². The minimum Gasteiger partial charge on any atom is -0.444 e. The second kappa shape index (κ2) is 18.7. The Morgan fingerprint density at radius 1 is 0.837 bits per heavy atom. The Balaban J connectivity index is 1.37. The molecule has 2 aromatic heterocycles. The molecule has 1 fully saturated rings. The Bertz CT molecular complexity index is 1430. The molecule has 3 heterocycles. The standard InChI is InChI=1S/C35H43N5O7S2/c1-43-35(44-2)28(13-14-47-35)19-40(20-29(15-26-9-5-3-6-10-26)38-33(41)45-22-31-17-36-24-48-31)21-30(16-27-11-7-4-8-12-27)39-34(42)46-23-32-18-37-25-49-32/h3-12,17-18,24-25,28-30H,13-16,19-23H2,1-2H3,(H,38,41)(H,39,42)/t28?,29-,30-/m0/s1. The number of ether oxygens (including phenoxy) is 5. The molecule has 1 aliphatic rings. The van der Waals surface area contributed by atoms with Crippen LogP contribution in [0, 0.1) is 5.92 Å². The Hall–Kier alpha value is -3.92. The maximum Gasteiger partial charge on any atom is 0.407 e. The van der Waals surface area contributed by atoms with Crippen LogP contribution < -0.4 is 10.6 Å². The van der Waals surface area contributed by atoms with E-state index in [9.17, 15) is 9.59 Å². The lowest BCUT2D eigenvalue weighted by molar-refractivity contribution is -0.361. The van der Waals surface area contributed by atoms with Gasteiger partial charge in [0.25, 0.3) is 5.97 Å². The lowest BCUT2D eigenvalue weighted by Gasteiger charge is -2.37. The second-order valence-electron chi connectivity index (χ2n) is 11.7. The third-order valence-corrected chi connectivity index (χ3v) is 9.73. The van der Waals surface area contributed by atoms with Crippen molar-refractivity contribution in [2.45, 2.75) is 50.5 Å². The van der Waals surface area contributed by atoms with Gasteiger partial charge < -0.3 is 34.3 Å². The number of amides is 2. The molecule has 262 valence electrons. The van der Waals surface area contributed by atoms with Gasteiger partial charge in [0.15, 0.2) is 0 Å². The average molecular weight is 710 g/mol. The van der Waals surface area contributed by atoms with E-state index < -0.39 is 18.2 Å². The highest BCUT2D eigenvalue weighted by molar-refractivity contribution is 7.09. The predicted molar refractivity (Wildman–Crippen MR) is 186 cm³/mol. The summed E-state index contributed by atoms with van der Waals surface area (Å²) in [5, 5.41) is 6.21. The minimum absolute atomic E-state index is 0.134. The van der Waals surface area contributed by atoms with Gasteiger partial charge in [-0.3, -0.25) is 14.9 Å². The van der Waals surface area contributed by atoms with Crippen LogP contribution in [0.5, 0.6) is 0 Å². The van der Waals surface area contributed by atoms with Gasteiger partial charge >= 0.3 is 12.2 Å². The van der Waals surface area contributed by atoms with Crippen LogP contribution >= 0.6 is 22.7 Å². The highest BCUT2D eigenvalue weighted by Gasteiger charge is 2.46. The van der Waals surface area contributed by atoms with Crippen molar-refractivity contribution >= 4 is 34.9 Å². The van der Waals surface area contributed by atoms with Crippen LogP contribution in [0.1, 0.15) is 27.3 Å². The smallest absolute Gasteiger partial charge is 0.407 e. The molecule has 49 heavy (non-hydrogen) atoms. The van der Waals surface area contributed by atoms with Crippen molar-refractivity contribution in [3.8, 4) is 0 Å². The largest absolute Gasteiger partial charge is 0.444 e. The molecule has 0 radical (unpaired) electrons. The summed E-state index contributed by atoms with van der Waals surface area (Å²) in [6.45, 7) is 2.13. The number of benzene rings is 2. The fraction of sp³-hybridized carbons (Fsp3) is 0.429. The van der Waals surface area contributed by atoms with Crippen LogP contribution in [0.2, 0.25) is 0 Å². The van der Waals surface area contributed by atoms with E-state index in [-0.39, 0.29) is 31.2 Å². The van der Waals surface area contributed by atoms with Crippen molar-refractivity contribution in [2.75, 3.05) is 40.5 Å². The molecule has 2 N–H and O–H groups in total. The summed E-state index contributed by atoms with van der Waals surface area (Å²) in [5.74, 6) is -1.35. The maximum absolute atomic E-state index is 13.1. The molecular formula is C35H43N5O7S2. The van der Waals surface area contributed by atoms with Crippen molar-refractivity contribution in [2.24, 2.45) is 5.92 Å². The van der Waals surface area contributed by atoms with Gasteiger partial charge in [-0.15, -0.1) is 22.7 Å². The lowest BCUT2D eigenvalue weighted by Crippen LogP contribution is -2.53. The van der Waals surface area contributed by atoms with Gasteiger partial charge in [0, 0.05) is 58.3 Å². The molecule has 0 bridgehead atoms. The number of methoxy groups -OCH3 is 2. The number of hydrogen-bond acceptors (Lipinski definition) is 12. The summed E-state index contributed by atoms with van der Waals surface area (Å²) in [6.07, 6.45) is 4.15. The Morgan fingerprint density at radius 2 is 1.33 bits per heavy atom. The number of aromatic nitrogens is 2. The first-order valence-electron chi connectivity index (χ1n) is 16.1. The Kier molecular flexibility index (Phi) is 13.9. The molecule has 0 spiro atoms. The van der Waals surface area contributed by atoms with Gasteiger partial charge in [-0.2, -0.15) is 0 Å². The average Bonchev–Trinajstić information content (AvgIpc) is 3.91. The molecule has 1 saturated heterocycles. The van der Waals surface area contributed by atoms with E-state index in [4.69, 9.17) is 23.7 Å². The summed E-state index contributed by atoms with van der Waals surface area (Å²) in [4.78, 5) is 38.3. The normalized spacial score (nSPS) is 16.6. The molecule has 2 amide bonds. The zero-order valence-corrected chi connectivity index (χ0v) is 29.3. The van der Waals surface area contributed by atoms with E-state index in [1.165, 1.54) is 22.7 Å². The van der Waals surface area contributed by atoms with Crippen molar-refractivity contribution in [3.63, 3.8) is 0 Å². The summed E-state index contributed by atoms with van der Waals surface area (Å²) < 4.78 is 28.6. The first-order chi connectivity index (χ1) is 23.9. The summed E-state index contributed by atoms with van der Waals surface area (Å²) in [7, 11) is 3.15. The highest BCUT2D eigenvalue weighted by atomic mass is 32.1. The molecule has 5 rings (SSSR count). The van der Waals surface area contributed by atoms with Crippen LogP contribution in [0.4, 0.5) is 9.59 Å². The number of hydrogen-bond donors (Lipinski definition) is 2. The number of carbonyl (C=O) groups is 2. The van der Waals surface area contributed by atoms with Crippen molar-refractivity contribution in [1.29, 1.82) is 0 Å². The van der Waals surface area contributed by atoms with Crippen molar-refractivity contribution in [3.05, 3.63) is 105 Å². The molecule has 1 unspecified atom stereocenters. The van der Waals surface area contributed by atoms with E-state index >= 15 is 0 Å². The molecule has 12 nitrogen and oxygen atoms in total. The van der Waals surface area contributed by atoms with E-state index in [2.05, 4.69) is 25.5 Å². The molecular weight excluding hydrogens is 667 g/mol. The monoisotopic (exact) mass is 709 g/mol. The first kappa shape index (κ1) is 36.4. The molecule has 14 heteroatoms. The third-order valence-electron chi connectivity index (χ3n) is 8.23. The fourth-order valence-electron chi connectivity index (χ4n) is 5.97. The van der Waals surface area contributed by atoms with Gasteiger partial charge in [-0.25, -0.2) is 9.59 Å². The number of nitrogens with zero attached hydrogens (tertiary/aromatic N) is 3. The second-order valence-corrected chi connectivity index (χ2v) is 13.7. The Labute approximate surface area is 294 Å². The van der Waals surface area contributed by atoms with Crippen molar-refractivity contribution in [1.82, 2.24) is 25.5 Å². The molecule has 0 saturated carbocycles. The maximum atomic E-state index is 13.1. The zero-order valence-electron chi connectivity index (χ0n) is 27.7. The number of nitrogens with one attached hydrogen (secondary N) is 2. The lowest BCUT2D eigenvalue weighted by atomic mass is 10.0. The summed E-state index contributed by atoms with van der Waals surface area (Å²) >= 11 is 2.85. The molecule has 0 aliphatic carbocycles. The zero-order chi connectivity index (χ0) is 34.3. The SMILES string of the molecule is COC1(OC)OCCC1CN(C[C@H](Cc1ccccc1)NC(=O)OCc1cncs1)C[C@H](Cc1ccccc1)NC(=O)OCc1cncs1. The molecule has 1 aliphatic heterocycles. The number of rotatable bonds is 18. The highest BCUT2D eigenvalue weighted by Crippen LogP contribution is 2.34. The summed E-state index contributed by atoms with van der Waals surface area (Å²) in [5.41, 5.74) is 5.53. The summed E-state index contributed by atoms with van der Waals surface area (Å²) in [6, 6.07) is 19.3. The first-order valence-corrected chi connectivity index (χ1v) is 17.9. The van der Waals surface area contributed by atoms with Gasteiger partial charge in [-0.1, -0.05) is 60.7 Å². The molecule has 3 atom stereocenters. The van der Waals surface area contributed by atoms with E-state index in [0.717, 1.165) is 20.9 Å². The minimum atomic E-state index is -1.20. The Morgan fingerprint density at radius 3 is 1.76 bits per heavy atom. The number of alkyl carbamates (subject to hydrolysis) is 2. The van der Waals surface area contributed by atoms with Crippen LogP contribution in [-0.2, 0) is 49.7 Å². The van der Waals surface area contributed by atoms with Gasteiger partial charge in [0.05, 0.1) is 33.3 Å². The van der Waals surface area contributed by atoms with Crippen LogP contribution in [0.3, 0.4) is 0 Å². The van der Waals surface area contributed by atoms with Crippen LogP contribution in [0.25, 0.3) is 0 Å². The third kappa shape index (κ3) is 11.3. The van der Waals surface area contributed by atoms with Gasteiger partial charge in [0.2, 0.25) is 0 Å². The van der Waals surface area contributed by atoms with E-state index in [1.807, 2.05) is 60.7 Å². The van der Waals surface area contributed by atoms with Gasteiger partial charge in [0.1, 0.15) is 13.2 Å².